The minimum absolute atomic E-state index is 0.00611. The van der Waals surface area contributed by atoms with Gasteiger partial charge in [-0.05, 0) is 25.0 Å². The zero-order valence-corrected chi connectivity index (χ0v) is 16.4. The normalized spacial score (nSPS) is 15.6. The Morgan fingerprint density at radius 3 is 2.67 bits per heavy atom. The standard InChI is InChI=1S/C21H19N3OS2/c22-20(25)13-8-10-24(11-9-13)21-23-16(12-26-21)14-5-3-7-18-19(14)15-4-1-2-6-17(15)27-18/h1-7,12-13H,8-11H2,(H2,22,25). The first-order chi connectivity index (χ1) is 13.2. The van der Waals surface area contributed by atoms with Gasteiger partial charge in [-0.2, -0.15) is 0 Å². The predicted molar refractivity (Wildman–Crippen MR) is 115 cm³/mol. The van der Waals surface area contributed by atoms with Crippen molar-refractivity contribution < 1.29 is 4.79 Å². The molecule has 5 rings (SSSR count). The summed E-state index contributed by atoms with van der Waals surface area (Å²) in [6.45, 7) is 1.68. The Morgan fingerprint density at radius 1 is 1.07 bits per heavy atom. The van der Waals surface area contributed by atoms with Crippen LogP contribution in [0.25, 0.3) is 31.4 Å². The highest BCUT2D eigenvalue weighted by Gasteiger charge is 2.25. The van der Waals surface area contributed by atoms with Crippen LogP contribution in [0.1, 0.15) is 12.8 Å². The van der Waals surface area contributed by atoms with Gasteiger partial charge in [-0.15, -0.1) is 22.7 Å². The molecule has 0 radical (unpaired) electrons. The van der Waals surface area contributed by atoms with Crippen LogP contribution in [0.4, 0.5) is 5.13 Å². The van der Waals surface area contributed by atoms with Crippen LogP contribution in [-0.4, -0.2) is 24.0 Å². The number of rotatable bonds is 3. The number of thiazole rings is 1. The molecule has 4 nitrogen and oxygen atoms in total. The quantitative estimate of drug-likeness (QED) is 0.540. The second-order valence-corrected chi connectivity index (χ2v) is 8.88. The molecule has 4 aromatic rings. The Labute approximate surface area is 165 Å². The summed E-state index contributed by atoms with van der Waals surface area (Å²) in [6.07, 6.45) is 1.63. The number of benzene rings is 2. The average Bonchev–Trinajstić information content (AvgIpc) is 3.33. The lowest BCUT2D eigenvalue weighted by Gasteiger charge is -2.30. The number of carbonyl (C=O) groups is 1. The van der Waals surface area contributed by atoms with E-state index in [2.05, 4.69) is 52.7 Å². The molecule has 3 heterocycles. The molecule has 2 aromatic carbocycles. The van der Waals surface area contributed by atoms with Crippen LogP contribution in [0.2, 0.25) is 0 Å². The average molecular weight is 394 g/mol. The van der Waals surface area contributed by atoms with E-state index in [1.54, 1.807) is 11.3 Å². The van der Waals surface area contributed by atoms with Crippen molar-refractivity contribution >= 4 is 53.9 Å². The number of nitrogens with zero attached hydrogens (tertiary/aromatic N) is 2. The van der Waals surface area contributed by atoms with Gasteiger partial charge in [0.25, 0.3) is 0 Å². The number of piperidine rings is 1. The van der Waals surface area contributed by atoms with Crippen molar-refractivity contribution in [2.24, 2.45) is 11.7 Å². The van der Waals surface area contributed by atoms with Crippen LogP contribution in [0.3, 0.4) is 0 Å². The Kier molecular flexibility index (Phi) is 4.10. The van der Waals surface area contributed by atoms with E-state index >= 15 is 0 Å². The lowest BCUT2D eigenvalue weighted by atomic mass is 9.97. The topological polar surface area (TPSA) is 59.2 Å². The number of fused-ring (bicyclic) bond motifs is 3. The molecule has 0 saturated carbocycles. The van der Waals surface area contributed by atoms with E-state index < -0.39 is 0 Å². The number of amides is 1. The van der Waals surface area contributed by atoms with Crippen LogP contribution in [0.5, 0.6) is 0 Å². The molecule has 1 aliphatic rings. The molecule has 136 valence electrons. The van der Waals surface area contributed by atoms with Crippen molar-refractivity contribution in [1.82, 2.24) is 4.98 Å². The van der Waals surface area contributed by atoms with Crippen molar-refractivity contribution in [3.8, 4) is 11.3 Å². The molecule has 1 aliphatic heterocycles. The summed E-state index contributed by atoms with van der Waals surface area (Å²) < 4.78 is 2.61. The van der Waals surface area contributed by atoms with Crippen molar-refractivity contribution in [3.05, 3.63) is 47.8 Å². The fourth-order valence-corrected chi connectivity index (χ4v) is 5.89. The summed E-state index contributed by atoms with van der Waals surface area (Å²) in [5.74, 6) is -0.169. The molecule has 1 saturated heterocycles. The Balaban J connectivity index is 1.51. The number of thiophene rings is 1. The van der Waals surface area contributed by atoms with Gasteiger partial charge in [0.2, 0.25) is 5.91 Å². The van der Waals surface area contributed by atoms with Gasteiger partial charge in [0.15, 0.2) is 5.13 Å². The Morgan fingerprint density at radius 2 is 1.85 bits per heavy atom. The zero-order chi connectivity index (χ0) is 18.4. The minimum atomic E-state index is -0.175. The van der Waals surface area contributed by atoms with Crippen molar-refractivity contribution in [3.63, 3.8) is 0 Å². The summed E-state index contributed by atoms with van der Waals surface area (Å²) in [5.41, 5.74) is 7.67. The highest BCUT2D eigenvalue weighted by molar-refractivity contribution is 7.26. The molecule has 2 N–H and O–H groups in total. The maximum absolute atomic E-state index is 11.4. The van der Waals surface area contributed by atoms with Crippen molar-refractivity contribution in [1.29, 1.82) is 0 Å². The van der Waals surface area contributed by atoms with Crippen LogP contribution < -0.4 is 10.6 Å². The first kappa shape index (κ1) is 16.7. The highest BCUT2D eigenvalue weighted by atomic mass is 32.1. The Hall–Kier alpha value is -2.44. The molecule has 0 spiro atoms. The second kappa shape index (κ2) is 6.62. The summed E-state index contributed by atoms with van der Waals surface area (Å²) in [6, 6.07) is 15.0. The predicted octanol–water partition coefficient (Wildman–Crippen LogP) is 4.88. The number of primary amides is 1. The Bertz CT molecular complexity index is 1140. The van der Waals surface area contributed by atoms with Gasteiger partial charge >= 0.3 is 0 Å². The number of aromatic nitrogens is 1. The number of hydrogen-bond donors (Lipinski definition) is 1. The third-order valence-electron chi connectivity index (χ3n) is 5.34. The van der Waals surface area contributed by atoms with Gasteiger partial charge in [0.05, 0.1) is 5.69 Å². The van der Waals surface area contributed by atoms with Crippen LogP contribution in [0.15, 0.2) is 47.8 Å². The van der Waals surface area contributed by atoms with Crippen LogP contribution in [0, 0.1) is 5.92 Å². The van der Waals surface area contributed by atoms with Gasteiger partial charge < -0.3 is 10.6 Å². The number of hydrogen-bond acceptors (Lipinski definition) is 5. The monoisotopic (exact) mass is 393 g/mol. The number of nitrogens with two attached hydrogens (primary N) is 1. The summed E-state index contributed by atoms with van der Waals surface area (Å²) >= 11 is 3.51. The summed E-state index contributed by atoms with van der Waals surface area (Å²) in [7, 11) is 0. The van der Waals surface area contributed by atoms with Gasteiger partial charge in [-0.3, -0.25) is 4.79 Å². The molecular formula is C21H19N3OS2. The van der Waals surface area contributed by atoms with E-state index in [1.165, 1.54) is 25.7 Å². The third-order valence-corrected chi connectivity index (χ3v) is 7.38. The SMILES string of the molecule is NC(=O)C1CCN(c2nc(-c3cccc4sc5ccccc5c34)cs2)CC1. The first-order valence-electron chi connectivity index (χ1n) is 9.11. The number of anilines is 1. The van der Waals surface area contributed by atoms with E-state index in [0.29, 0.717) is 0 Å². The molecule has 2 aromatic heterocycles. The van der Waals surface area contributed by atoms with E-state index in [-0.39, 0.29) is 11.8 Å². The maximum Gasteiger partial charge on any atom is 0.220 e. The molecule has 6 heteroatoms. The highest BCUT2D eigenvalue weighted by Crippen LogP contribution is 2.40. The van der Waals surface area contributed by atoms with Gasteiger partial charge in [-0.25, -0.2) is 4.98 Å². The van der Waals surface area contributed by atoms with E-state index in [9.17, 15) is 4.79 Å². The zero-order valence-electron chi connectivity index (χ0n) is 14.7. The van der Waals surface area contributed by atoms with E-state index in [4.69, 9.17) is 10.7 Å². The fraction of sp³-hybridized carbons (Fsp3) is 0.238. The summed E-state index contributed by atoms with van der Waals surface area (Å²) in [4.78, 5) is 18.6. The number of carbonyl (C=O) groups excluding carboxylic acids is 1. The molecule has 1 fully saturated rings. The van der Waals surface area contributed by atoms with Crippen molar-refractivity contribution in [2.45, 2.75) is 12.8 Å². The molecule has 0 aliphatic carbocycles. The molecule has 1 amide bonds. The smallest absolute Gasteiger partial charge is 0.220 e. The molecule has 27 heavy (non-hydrogen) atoms. The first-order valence-corrected chi connectivity index (χ1v) is 10.8. The molecule has 0 bridgehead atoms. The maximum atomic E-state index is 11.4. The molecule has 0 unspecified atom stereocenters. The van der Waals surface area contributed by atoms with Crippen LogP contribution >= 0.6 is 22.7 Å². The summed E-state index contributed by atoms with van der Waals surface area (Å²) in [5, 5.41) is 5.77. The van der Waals surface area contributed by atoms with Gasteiger partial charge in [0, 0.05) is 50.1 Å². The molecule has 0 atom stereocenters. The van der Waals surface area contributed by atoms with Crippen LogP contribution in [-0.2, 0) is 4.79 Å². The van der Waals surface area contributed by atoms with Gasteiger partial charge in [0.1, 0.15) is 0 Å². The lowest BCUT2D eigenvalue weighted by molar-refractivity contribution is -0.122. The molecular weight excluding hydrogens is 374 g/mol. The largest absolute Gasteiger partial charge is 0.369 e. The van der Waals surface area contributed by atoms with E-state index in [0.717, 1.165) is 36.8 Å². The van der Waals surface area contributed by atoms with E-state index in [1.807, 2.05) is 11.3 Å². The second-order valence-electron chi connectivity index (χ2n) is 6.96. The lowest BCUT2D eigenvalue weighted by Crippen LogP contribution is -2.38. The fourth-order valence-electron chi connectivity index (χ4n) is 3.88. The van der Waals surface area contributed by atoms with Gasteiger partial charge in [-0.1, -0.05) is 30.3 Å². The minimum Gasteiger partial charge on any atom is -0.369 e. The third kappa shape index (κ3) is 2.89. The van der Waals surface area contributed by atoms with Crippen molar-refractivity contribution in [2.75, 3.05) is 18.0 Å².